The van der Waals surface area contributed by atoms with Gasteiger partial charge in [0.2, 0.25) is 10.0 Å². The first-order valence-corrected chi connectivity index (χ1v) is 7.08. The van der Waals surface area contributed by atoms with Crippen LogP contribution >= 0.6 is 0 Å². The van der Waals surface area contributed by atoms with Gasteiger partial charge in [0.05, 0.1) is 11.5 Å². The van der Waals surface area contributed by atoms with Crippen LogP contribution in [0.5, 0.6) is 0 Å². The average Bonchev–Trinajstić information content (AvgIpc) is 2.96. The van der Waals surface area contributed by atoms with Gasteiger partial charge in [-0.1, -0.05) is 0 Å². The Morgan fingerprint density at radius 1 is 1.61 bits per heavy atom. The Kier molecular flexibility index (Phi) is 3.69. The third-order valence-corrected chi connectivity index (χ3v) is 3.70. The first kappa shape index (κ1) is 13.1. The summed E-state index contributed by atoms with van der Waals surface area (Å²) in [6.07, 6.45) is 2.12. The van der Waals surface area contributed by atoms with Gasteiger partial charge >= 0.3 is 0 Å². The third kappa shape index (κ3) is 3.09. The topological polar surface area (TPSA) is 114 Å². The van der Waals surface area contributed by atoms with E-state index in [4.69, 9.17) is 9.88 Å². The van der Waals surface area contributed by atoms with Gasteiger partial charge < -0.3 is 15.0 Å². The zero-order valence-corrected chi connectivity index (χ0v) is 10.5. The summed E-state index contributed by atoms with van der Waals surface area (Å²) >= 11 is 0. The number of H-pyrrole nitrogens is 1. The van der Waals surface area contributed by atoms with Crippen LogP contribution in [0.1, 0.15) is 16.9 Å². The van der Waals surface area contributed by atoms with E-state index in [2.05, 4.69) is 10.3 Å². The number of carbonyl (C=O) groups excluding carboxylic acids is 1. The van der Waals surface area contributed by atoms with Crippen LogP contribution in [0, 0.1) is 5.92 Å². The van der Waals surface area contributed by atoms with Crippen molar-refractivity contribution in [3.05, 3.63) is 18.0 Å². The van der Waals surface area contributed by atoms with Crippen molar-refractivity contribution in [3.63, 3.8) is 0 Å². The monoisotopic (exact) mass is 273 g/mol. The van der Waals surface area contributed by atoms with Crippen LogP contribution in [0.25, 0.3) is 0 Å². The van der Waals surface area contributed by atoms with Crippen molar-refractivity contribution in [1.29, 1.82) is 0 Å². The molecular formula is C10H15N3O4S. The van der Waals surface area contributed by atoms with Gasteiger partial charge in [-0.25, -0.2) is 13.6 Å². The second-order valence-electron chi connectivity index (χ2n) is 4.23. The van der Waals surface area contributed by atoms with E-state index >= 15 is 0 Å². The lowest BCUT2D eigenvalue weighted by Crippen LogP contribution is -2.29. The Balaban J connectivity index is 1.94. The third-order valence-electron chi connectivity index (χ3n) is 2.80. The van der Waals surface area contributed by atoms with Crippen LogP contribution in [0.4, 0.5) is 0 Å². The molecule has 1 aliphatic heterocycles. The SMILES string of the molecule is NS(=O)(=O)c1c[nH]c(C(=O)NCC2CCOC2)c1. The molecule has 2 rings (SSSR count). The van der Waals surface area contributed by atoms with Crippen molar-refractivity contribution in [2.24, 2.45) is 11.1 Å². The van der Waals surface area contributed by atoms with Crippen molar-refractivity contribution < 1.29 is 17.9 Å². The standard InChI is InChI=1S/C10H15N3O4S/c11-18(15,16)8-3-9(12-5-8)10(14)13-4-7-1-2-17-6-7/h3,5,7,12H,1-2,4,6H2,(H,13,14)(H2,11,15,16). The molecule has 1 unspecified atom stereocenters. The maximum atomic E-state index is 11.7. The molecule has 1 saturated heterocycles. The van der Waals surface area contributed by atoms with E-state index in [1.165, 1.54) is 12.3 Å². The fraction of sp³-hybridized carbons (Fsp3) is 0.500. The van der Waals surface area contributed by atoms with Crippen molar-refractivity contribution in [2.75, 3.05) is 19.8 Å². The zero-order chi connectivity index (χ0) is 13.2. The number of sulfonamides is 1. The summed E-state index contributed by atoms with van der Waals surface area (Å²) < 4.78 is 27.3. The lowest BCUT2D eigenvalue weighted by Gasteiger charge is -2.08. The minimum atomic E-state index is -3.78. The Labute approximate surface area is 105 Å². The number of ether oxygens (including phenoxy) is 1. The van der Waals surface area contributed by atoms with Gasteiger partial charge in [0, 0.05) is 25.3 Å². The molecule has 0 radical (unpaired) electrons. The van der Waals surface area contributed by atoms with Crippen molar-refractivity contribution >= 4 is 15.9 Å². The summed E-state index contributed by atoms with van der Waals surface area (Å²) in [5.74, 6) is -0.0292. The minimum Gasteiger partial charge on any atom is -0.381 e. The van der Waals surface area contributed by atoms with Crippen LogP contribution in [0.15, 0.2) is 17.2 Å². The smallest absolute Gasteiger partial charge is 0.267 e. The molecule has 1 aromatic heterocycles. The number of primary sulfonamides is 1. The minimum absolute atomic E-state index is 0.100. The van der Waals surface area contributed by atoms with Crippen LogP contribution in [-0.4, -0.2) is 39.1 Å². The predicted molar refractivity (Wildman–Crippen MR) is 63.4 cm³/mol. The van der Waals surface area contributed by atoms with Crippen LogP contribution in [0.3, 0.4) is 0 Å². The molecule has 0 aliphatic carbocycles. The molecule has 1 aliphatic rings. The van der Waals surface area contributed by atoms with Gasteiger partial charge in [-0.05, 0) is 12.5 Å². The van der Waals surface area contributed by atoms with E-state index in [0.717, 1.165) is 13.0 Å². The van der Waals surface area contributed by atoms with Gasteiger partial charge in [-0.15, -0.1) is 0 Å². The van der Waals surface area contributed by atoms with E-state index in [1.807, 2.05) is 0 Å². The number of amides is 1. The molecule has 0 spiro atoms. The summed E-state index contributed by atoms with van der Waals surface area (Å²) in [5.41, 5.74) is 0.179. The second-order valence-corrected chi connectivity index (χ2v) is 5.80. The van der Waals surface area contributed by atoms with Gasteiger partial charge in [0.1, 0.15) is 5.69 Å². The average molecular weight is 273 g/mol. The molecule has 4 N–H and O–H groups in total. The molecule has 18 heavy (non-hydrogen) atoms. The molecule has 0 bridgehead atoms. The summed E-state index contributed by atoms with van der Waals surface area (Å²) in [7, 11) is -3.78. The molecular weight excluding hydrogens is 258 g/mol. The molecule has 1 amide bonds. The number of carbonyl (C=O) groups is 1. The van der Waals surface area contributed by atoms with Gasteiger partial charge in [-0.3, -0.25) is 4.79 Å². The molecule has 100 valence electrons. The quantitative estimate of drug-likeness (QED) is 0.681. The summed E-state index contributed by atoms with van der Waals surface area (Å²) in [5, 5.41) is 7.67. The molecule has 8 heteroatoms. The molecule has 2 heterocycles. The number of hydrogen-bond acceptors (Lipinski definition) is 4. The van der Waals surface area contributed by atoms with E-state index in [-0.39, 0.29) is 16.5 Å². The number of aromatic nitrogens is 1. The molecule has 0 aromatic carbocycles. The Morgan fingerprint density at radius 2 is 2.39 bits per heavy atom. The first-order valence-electron chi connectivity index (χ1n) is 5.54. The number of hydrogen-bond donors (Lipinski definition) is 3. The highest BCUT2D eigenvalue weighted by molar-refractivity contribution is 7.89. The molecule has 1 aromatic rings. The maximum absolute atomic E-state index is 11.7. The van der Waals surface area contributed by atoms with Crippen LogP contribution < -0.4 is 10.5 Å². The molecule has 1 fully saturated rings. The summed E-state index contributed by atoms with van der Waals surface area (Å²) in [6, 6.07) is 1.22. The van der Waals surface area contributed by atoms with E-state index < -0.39 is 10.0 Å². The summed E-state index contributed by atoms with van der Waals surface area (Å²) in [4.78, 5) is 14.2. The summed E-state index contributed by atoms with van der Waals surface area (Å²) in [6.45, 7) is 1.88. The fourth-order valence-electron chi connectivity index (χ4n) is 1.75. The first-order chi connectivity index (χ1) is 8.47. The van der Waals surface area contributed by atoms with Crippen LogP contribution in [-0.2, 0) is 14.8 Å². The van der Waals surface area contributed by atoms with E-state index in [0.29, 0.717) is 19.1 Å². The van der Waals surface area contributed by atoms with Crippen molar-refractivity contribution in [1.82, 2.24) is 10.3 Å². The lowest BCUT2D eigenvalue weighted by atomic mass is 10.1. The number of aromatic amines is 1. The number of nitrogens with two attached hydrogens (primary N) is 1. The highest BCUT2D eigenvalue weighted by Crippen LogP contribution is 2.12. The molecule has 0 saturated carbocycles. The zero-order valence-electron chi connectivity index (χ0n) is 9.68. The lowest BCUT2D eigenvalue weighted by molar-refractivity contribution is 0.0940. The maximum Gasteiger partial charge on any atom is 0.267 e. The van der Waals surface area contributed by atoms with Crippen LogP contribution in [0.2, 0.25) is 0 Å². The van der Waals surface area contributed by atoms with Crippen molar-refractivity contribution in [2.45, 2.75) is 11.3 Å². The highest BCUT2D eigenvalue weighted by atomic mass is 32.2. The second kappa shape index (κ2) is 5.09. The van der Waals surface area contributed by atoms with E-state index in [1.54, 1.807) is 0 Å². The van der Waals surface area contributed by atoms with Crippen molar-refractivity contribution in [3.8, 4) is 0 Å². The Hall–Kier alpha value is -1.38. The predicted octanol–water partition coefficient (Wildman–Crippen LogP) is -0.572. The fourth-order valence-corrected chi connectivity index (χ4v) is 2.25. The highest BCUT2D eigenvalue weighted by Gasteiger charge is 2.18. The molecule has 7 nitrogen and oxygen atoms in total. The van der Waals surface area contributed by atoms with Gasteiger partial charge in [-0.2, -0.15) is 0 Å². The Morgan fingerprint density at radius 3 is 2.94 bits per heavy atom. The number of nitrogens with one attached hydrogen (secondary N) is 2. The number of rotatable bonds is 4. The molecule has 1 atom stereocenters. The largest absolute Gasteiger partial charge is 0.381 e. The Bertz CT molecular complexity index is 531. The normalized spacial score (nSPS) is 19.9. The van der Waals surface area contributed by atoms with Gasteiger partial charge in [0.15, 0.2) is 0 Å². The van der Waals surface area contributed by atoms with Gasteiger partial charge in [0.25, 0.3) is 5.91 Å². The van der Waals surface area contributed by atoms with E-state index in [9.17, 15) is 13.2 Å².